The Morgan fingerprint density at radius 2 is 1.97 bits per heavy atom. The van der Waals surface area contributed by atoms with E-state index in [9.17, 15) is 14.4 Å². The van der Waals surface area contributed by atoms with Crippen molar-refractivity contribution in [2.24, 2.45) is 4.99 Å². The van der Waals surface area contributed by atoms with Gasteiger partial charge in [-0.05, 0) is 53.7 Å². The van der Waals surface area contributed by atoms with Crippen molar-refractivity contribution in [1.29, 1.82) is 0 Å². The molecule has 2 aromatic carbocycles. The van der Waals surface area contributed by atoms with Crippen molar-refractivity contribution in [2.75, 3.05) is 13.7 Å². The van der Waals surface area contributed by atoms with Gasteiger partial charge in [-0.25, -0.2) is 14.6 Å². The summed E-state index contributed by atoms with van der Waals surface area (Å²) >= 11 is 1.15. The number of nitrogens with one attached hydrogen (secondary N) is 1. The number of amidine groups is 1. The van der Waals surface area contributed by atoms with E-state index in [1.54, 1.807) is 42.5 Å². The fraction of sp³-hybridized carbons (Fsp3) is 0.100. The van der Waals surface area contributed by atoms with Gasteiger partial charge in [0.1, 0.15) is 5.75 Å². The average molecular weight is 412 g/mol. The third-order valence-corrected chi connectivity index (χ3v) is 4.65. The summed E-state index contributed by atoms with van der Waals surface area (Å²) in [6.07, 6.45) is 1.69. The van der Waals surface area contributed by atoms with Crippen LogP contribution in [0.5, 0.6) is 5.75 Å². The van der Waals surface area contributed by atoms with Gasteiger partial charge in [-0.1, -0.05) is 18.2 Å². The Hall–Kier alpha value is -3.59. The highest BCUT2D eigenvalue weighted by molar-refractivity contribution is 8.18. The number of aliphatic imine (C=N–C) groups is 1. The topological polar surface area (TPSA) is 114 Å². The lowest BCUT2D eigenvalue weighted by Gasteiger charge is -2.04. The van der Waals surface area contributed by atoms with Gasteiger partial charge in [-0.2, -0.15) is 0 Å². The normalized spacial score (nSPS) is 16.0. The van der Waals surface area contributed by atoms with E-state index < -0.39 is 11.9 Å². The molecular weight excluding hydrogens is 396 g/mol. The number of methoxy groups -OCH3 is 1. The third kappa shape index (κ3) is 5.45. The maximum atomic E-state index is 12.2. The predicted molar refractivity (Wildman–Crippen MR) is 108 cm³/mol. The summed E-state index contributed by atoms with van der Waals surface area (Å²) in [5.74, 6) is -1.32. The molecule has 148 valence electrons. The minimum atomic E-state index is -1.05. The Labute approximate surface area is 170 Å². The molecule has 1 saturated heterocycles. The van der Waals surface area contributed by atoms with Crippen LogP contribution in [-0.2, 0) is 14.3 Å². The second kappa shape index (κ2) is 9.07. The standard InChI is InChI=1S/C20H16N2O6S/c1-27-17(23)11-28-15-7-5-12(6-8-15)9-16-18(24)22-20(29-16)21-14-4-2-3-13(10-14)19(25)26/h2-10H,11H2,1H3,(H,25,26)(H,21,22,24)/b16-9+. The average Bonchev–Trinajstić information content (AvgIpc) is 3.05. The van der Waals surface area contributed by atoms with Gasteiger partial charge in [0.05, 0.1) is 23.3 Å². The Balaban J connectivity index is 1.70. The van der Waals surface area contributed by atoms with E-state index in [2.05, 4.69) is 15.0 Å². The van der Waals surface area contributed by atoms with E-state index in [1.165, 1.54) is 19.2 Å². The number of carboxylic acids is 1. The van der Waals surface area contributed by atoms with Gasteiger partial charge < -0.3 is 19.9 Å². The van der Waals surface area contributed by atoms with Gasteiger partial charge in [-0.3, -0.25) is 4.79 Å². The first-order chi connectivity index (χ1) is 13.9. The van der Waals surface area contributed by atoms with Crippen LogP contribution in [0, 0.1) is 0 Å². The molecule has 2 aromatic rings. The number of ether oxygens (including phenoxy) is 2. The molecule has 29 heavy (non-hydrogen) atoms. The molecule has 0 unspecified atom stereocenters. The number of benzene rings is 2. The number of carbonyl (C=O) groups is 3. The molecule has 0 aromatic heterocycles. The number of amides is 1. The van der Waals surface area contributed by atoms with Crippen LogP contribution in [0.15, 0.2) is 58.4 Å². The van der Waals surface area contributed by atoms with E-state index in [0.29, 0.717) is 21.5 Å². The molecule has 0 spiro atoms. The number of aromatic carboxylic acids is 1. The summed E-state index contributed by atoms with van der Waals surface area (Å²) in [7, 11) is 1.28. The second-order valence-electron chi connectivity index (χ2n) is 5.77. The van der Waals surface area contributed by atoms with E-state index in [4.69, 9.17) is 9.84 Å². The van der Waals surface area contributed by atoms with E-state index >= 15 is 0 Å². The largest absolute Gasteiger partial charge is 0.482 e. The molecule has 3 rings (SSSR count). The number of thioether (sulfide) groups is 1. The summed E-state index contributed by atoms with van der Waals surface area (Å²) in [5.41, 5.74) is 1.31. The molecular formula is C20H16N2O6S. The Morgan fingerprint density at radius 3 is 2.66 bits per heavy atom. The zero-order chi connectivity index (χ0) is 20.8. The fourth-order valence-electron chi connectivity index (χ4n) is 2.32. The zero-order valence-corrected chi connectivity index (χ0v) is 16.1. The first-order valence-electron chi connectivity index (χ1n) is 8.37. The SMILES string of the molecule is COC(=O)COc1ccc(/C=C2/SC(=Nc3cccc(C(=O)O)c3)NC2=O)cc1. The van der Waals surface area contributed by atoms with Crippen LogP contribution >= 0.6 is 11.8 Å². The number of hydrogen-bond donors (Lipinski definition) is 2. The summed E-state index contributed by atoms with van der Waals surface area (Å²) in [6, 6.07) is 13.0. The highest BCUT2D eigenvalue weighted by atomic mass is 32.2. The number of rotatable bonds is 6. The number of carbonyl (C=O) groups excluding carboxylic acids is 2. The van der Waals surface area contributed by atoms with Crippen molar-refractivity contribution in [1.82, 2.24) is 5.32 Å². The summed E-state index contributed by atoms with van der Waals surface area (Å²) < 4.78 is 9.78. The maximum Gasteiger partial charge on any atom is 0.343 e. The molecule has 0 aliphatic carbocycles. The van der Waals surface area contributed by atoms with Crippen molar-refractivity contribution < 1.29 is 29.0 Å². The van der Waals surface area contributed by atoms with Crippen molar-refractivity contribution in [3.05, 3.63) is 64.6 Å². The molecule has 0 saturated carbocycles. The van der Waals surface area contributed by atoms with Crippen LogP contribution in [0.25, 0.3) is 6.08 Å². The molecule has 9 heteroatoms. The van der Waals surface area contributed by atoms with Crippen molar-refractivity contribution in [2.45, 2.75) is 0 Å². The molecule has 0 radical (unpaired) electrons. The van der Waals surface area contributed by atoms with Gasteiger partial charge in [0.25, 0.3) is 5.91 Å². The number of nitrogens with zero attached hydrogens (tertiary/aromatic N) is 1. The monoisotopic (exact) mass is 412 g/mol. The van der Waals surface area contributed by atoms with Gasteiger partial charge in [0.15, 0.2) is 11.8 Å². The number of hydrogen-bond acceptors (Lipinski definition) is 7. The molecule has 8 nitrogen and oxygen atoms in total. The van der Waals surface area contributed by atoms with Crippen molar-refractivity contribution in [3.8, 4) is 5.75 Å². The summed E-state index contributed by atoms with van der Waals surface area (Å²) in [4.78, 5) is 39.0. The number of carboxylic acid groups (broad SMARTS) is 1. The Kier molecular flexibility index (Phi) is 6.30. The molecule has 1 amide bonds. The second-order valence-corrected chi connectivity index (χ2v) is 6.80. The van der Waals surface area contributed by atoms with E-state index in [1.807, 2.05) is 0 Å². The molecule has 1 fully saturated rings. The quantitative estimate of drug-likeness (QED) is 0.554. The molecule has 2 N–H and O–H groups in total. The van der Waals surface area contributed by atoms with Crippen LogP contribution in [0.3, 0.4) is 0 Å². The minimum Gasteiger partial charge on any atom is -0.482 e. The van der Waals surface area contributed by atoms with Crippen LogP contribution in [0.1, 0.15) is 15.9 Å². The fourth-order valence-corrected chi connectivity index (χ4v) is 3.16. The third-order valence-electron chi connectivity index (χ3n) is 3.74. The molecule has 1 aliphatic heterocycles. The lowest BCUT2D eigenvalue weighted by molar-refractivity contribution is -0.142. The highest BCUT2D eigenvalue weighted by Crippen LogP contribution is 2.28. The molecule has 1 aliphatic rings. The van der Waals surface area contributed by atoms with Crippen LogP contribution < -0.4 is 10.1 Å². The Morgan fingerprint density at radius 1 is 1.21 bits per heavy atom. The van der Waals surface area contributed by atoms with Crippen LogP contribution in [-0.4, -0.2) is 41.8 Å². The van der Waals surface area contributed by atoms with Crippen LogP contribution in [0.2, 0.25) is 0 Å². The summed E-state index contributed by atoms with van der Waals surface area (Å²) in [5, 5.41) is 12.1. The Bertz CT molecular complexity index is 1010. The first-order valence-corrected chi connectivity index (χ1v) is 9.19. The van der Waals surface area contributed by atoms with Crippen LogP contribution in [0.4, 0.5) is 5.69 Å². The van der Waals surface area contributed by atoms with E-state index in [0.717, 1.165) is 17.3 Å². The van der Waals surface area contributed by atoms with Gasteiger partial charge >= 0.3 is 11.9 Å². The zero-order valence-electron chi connectivity index (χ0n) is 15.2. The summed E-state index contributed by atoms with van der Waals surface area (Å²) in [6.45, 7) is -0.182. The van der Waals surface area contributed by atoms with Crippen molar-refractivity contribution in [3.63, 3.8) is 0 Å². The van der Waals surface area contributed by atoms with Crippen molar-refractivity contribution >= 4 is 46.5 Å². The molecule has 1 heterocycles. The number of esters is 1. The highest BCUT2D eigenvalue weighted by Gasteiger charge is 2.23. The van der Waals surface area contributed by atoms with Gasteiger partial charge in [-0.15, -0.1) is 0 Å². The van der Waals surface area contributed by atoms with E-state index in [-0.39, 0.29) is 18.1 Å². The lowest BCUT2D eigenvalue weighted by Crippen LogP contribution is -2.19. The smallest absolute Gasteiger partial charge is 0.343 e. The maximum absolute atomic E-state index is 12.2. The van der Waals surface area contributed by atoms with Gasteiger partial charge in [0, 0.05) is 0 Å². The lowest BCUT2D eigenvalue weighted by atomic mass is 10.2. The first kappa shape index (κ1) is 20.2. The predicted octanol–water partition coefficient (Wildman–Crippen LogP) is 2.83. The molecule has 0 bridgehead atoms. The van der Waals surface area contributed by atoms with Gasteiger partial charge in [0.2, 0.25) is 0 Å². The minimum absolute atomic E-state index is 0.117. The molecule has 0 atom stereocenters.